The van der Waals surface area contributed by atoms with E-state index in [1.54, 1.807) is 43.3 Å². The molecule has 1 heterocycles. The first-order chi connectivity index (χ1) is 13.9. The van der Waals surface area contributed by atoms with Crippen LogP contribution in [0.2, 0.25) is 0 Å². The minimum Gasteiger partial charge on any atom is -0.497 e. The van der Waals surface area contributed by atoms with Gasteiger partial charge in [-0.1, -0.05) is 19.3 Å². The Morgan fingerprint density at radius 1 is 1.14 bits per heavy atom. The molecule has 1 aliphatic heterocycles. The van der Waals surface area contributed by atoms with Gasteiger partial charge in [0.15, 0.2) is 0 Å². The highest BCUT2D eigenvalue weighted by molar-refractivity contribution is 6.07. The number of hydrogen-bond donors (Lipinski definition) is 1. The van der Waals surface area contributed by atoms with Crippen molar-refractivity contribution in [2.24, 2.45) is 0 Å². The molecule has 1 saturated carbocycles. The summed E-state index contributed by atoms with van der Waals surface area (Å²) in [5, 5.41) is 2.87. The summed E-state index contributed by atoms with van der Waals surface area (Å²) in [5.74, 6) is 1.14. The summed E-state index contributed by atoms with van der Waals surface area (Å²) in [4.78, 5) is 40.1. The Balaban J connectivity index is 1.42. The molecule has 2 fully saturated rings. The average Bonchev–Trinajstić information content (AvgIpc) is 2.96. The van der Waals surface area contributed by atoms with Crippen LogP contribution in [0, 0.1) is 0 Å². The normalized spacial score (nSPS) is 17.9. The number of nitrogens with one attached hydrogen (secondary N) is 1. The molecule has 1 aromatic carbocycles. The fourth-order valence-corrected chi connectivity index (χ4v) is 3.87. The van der Waals surface area contributed by atoms with Crippen LogP contribution in [0.25, 0.3) is 0 Å². The van der Waals surface area contributed by atoms with Crippen LogP contribution in [0.3, 0.4) is 0 Å². The van der Waals surface area contributed by atoms with E-state index in [0.717, 1.165) is 25.0 Å². The van der Waals surface area contributed by atoms with Gasteiger partial charge in [0, 0.05) is 20.0 Å². The molecule has 29 heavy (non-hydrogen) atoms. The molecule has 2 aliphatic rings. The van der Waals surface area contributed by atoms with Crippen molar-refractivity contribution in [3.8, 4) is 11.5 Å². The molecule has 1 aromatic rings. The number of carbonyl (C=O) groups excluding carboxylic acids is 3. The Hall–Kier alpha value is -2.77. The highest BCUT2D eigenvalue weighted by Gasteiger charge is 2.51. The molecule has 1 saturated heterocycles. The smallest absolute Gasteiger partial charge is 0.325 e. The van der Waals surface area contributed by atoms with Crippen molar-refractivity contribution in [2.75, 3.05) is 33.9 Å². The van der Waals surface area contributed by atoms with E-state index in [0.29, 0.717) is 31.7 Å². The minimum absolute atomic E-state index is 0.105. The Bertz CT molecular complexity index is 743. The van der Waals surface area contributed by atoms with Gasteiger partial charge in [-0.2, -0.15) is 0 Å². The third-order valence-electron chi connectivity index (χ3n) is 5.68. The third-order valence-corrected chi connectivity index (χ3v) is 5.68. The molecule has 0 atom stereocenters. The van der Waals surface area contributed by atoms with E-state index in [1.807, 2.05) is 0 Å². The Labute approximate surface area is 171 Å². The van der Waals surface area contributed by atoms with Crippen molar-refractivity contribution >= 4 is 17.8 Å². The lowest BCUT2D eigenvalue weighted by atomic mass is 9.82. The van der Waals surface area contributed by atoms with Gasteiger partial charge in [-0.3, -0.25) is 14.5 Å². The first-order valence-corrected chi connectivity index (χ1v) is 10.1. The Kier molecular flexibility index (Phi) is 6.61. The SMILES string of the molecule is COc1ccc(OCCN(C)C(=O)CCN2C(=O)NC3(CCCCC3)C2=O)cc1. The first kappa shape index (κ1) is 21.0. The van der Waals surface area contributed by atoms with Crippen molar-refractivity contribution in [1.82, 2.24) is 15.1 Å². The van der Waals surface area contributed by atoms with Crippen LogP contribution in [0.1, 0.15) is 38.5 Å². The van der Waals surface area contributed by atoms with Gasteiger partial charge in [-0.25, -0.2) is 4.79 Å². The molecule has 4 amide bonds. The largest absolute Gasteiger partial charge is 0.497 e. The number of carbonyl (C=O) groups is 3. The van der Waals surface area contributed by atoms with Crippen molar-refractivity contribution < 1.29 is 23.9 Å². The molecule has 1 N–H and O–H groups in total. The van der Waals surface area contributed by atoms with E-state index < -0.39 is 5.54 Å². The van der Waals surface area contributed by atoms with E-state index in [2.05, 4.69) is 5.32 Å². The van der Waals surface area contributed by atoms with Crippen molar-refractivity contribution in [3.63, 3.8) is 0 Å². The highest BCUT2D eigenvalue weighted by Crippen LogP contribution is 2.33. The quantitative estimate of drug-likeness (QED) is 0.672. The first-order valence-electron chi connectivity index (χ1n) is 10.1. The second kappa shape index (κ2) is 9.15. The van der Waals surface area contributed by atoms with Crippen LogP contribution >= 0.6 is 0 Å². The fourth-order valence-electron chi connectivity index (χ4n) is 3.87. The fraction of sp³-hybridized carbons (Fsp3) is 0.571. The van der Waals surface area contributed by atoms with E-state index in [9.17, 15) is 14.4 Å². The van der Waals surface area contributed by atoms with Crippen LogP contribution in [-0.4, -0.2) is 67.0 Å². The van der Waals surface area contributed by atoms with Crippen LogP contribution in [0.5, 0.6) is 11.5 Å². The molecule has 1 aliphatic carbocycles. The van der Waals surface area contributed by atoms with Crippen molar-refractivity contribution in [3.05, 3.63) is 24.3 Å². The van der Waals surface area contributed by atoms with Gasteiger partial charge in [0.1, 0.15) is 23.6 Å². The molecule has 158 valence electrons. The summed E-state index contributed by atoms with van der Waals surface area (Å²) in [6.45, 7) is 0.866. The number of hydrogen-bond acceptors (Lipinski definition) is 5. The van der Waals surface area contributed by atoms with Gasteiger partial charge in [-0.05, 0) is 37.1 Å². The molecule has 0 bridgehead atoms. The number of benzene rings is 1. The van der Waals surface area contributed by atoms with Crippen LogP contribution in [-0.2, 0) is 9.59 Å². The van der Waals surface area contributed by atoms with Gasteiger partial charge in [0.05, 0.1) is 13.7 Å². The van der Waals surface area contributed by atoms with E-state index in [4.69, 9.17) is 9.47 Å². The third kappa shape index (κ3) is 4.81. The molecule has 0 radical (unpaired) electrons. The Morgan fingerprint density at radius 3 is 2.45 bits per heavy atom. The van der Waals surface area contributed by atoms with Gasteiger partial charge in [0.2, 0.25) is 5.91 Å². The maximum atomic E-state index is 12.7. The number of methoxy groups -OCH3 is 1. The Morgan fingerprint density at radius 2 is 1.79 bits per heavy atom. The molecule has 3 rings (SSSR count). The maximum absolute atomic E-state index is 12.7. The number of imide groups is 1. The lowest BCUT2D eigenvalue weighted by Crippen LogP contribution is -2.48. The second-order valence-electron chi connectivity index (χ2n) is 7.62. The molecular formula is C21H29N3O5. The highest BCUT2D eigenvalue weighted by atomic mass is 16.5. The lowest BCUT2D eigenvalue weighted by molar-refractivity contribution is -0.134. The predicted molar refractivity (Wildman–Crippen MR) is 107 cm³/mol. The number of nitrogens with zero attached hydrogens (tertiary/aromatic N) is 2. The summed E-state index contributed by atoms with van der Waals surface area (Å²) in [6, 6.07) is 6.84. The predicted octanol–water partition coefficient (Wildman–Crippen LogP) is 2.18. The van der Waals surface area contributed by atoms with Crippen molar-refractivity contribution in [1.29, 1.82) is 0 Å². The number of likely N-dealkylation sites (N-methyl/N-ethyl adjacent to an activating group) is 1. The average molecular weight is 403 g/mol. The topological polar surface area (TPSA) is 88.2 Å². The summed E-state index contributed by atoms with van der Waals surface area (Å²) in [5.41, 5.74) is -0.740. The summed E-state index contributed by atoms with van der Waals surface area (Å²) < 4.78 is 10.7. The molecule has 8 nitrogen and oxygen atoms in total. The van der Waals surface area contributed by atoms with Gasteiger partial charge < -0.3 is 19.7 Å². The number of urea groups is 1. The zero-order valence-electron chi connectivity index (χ0n) is 17.1. The lowest BCUT2D eigenvalue weighted by Gasteiger charge is -2.30. The number of rotatable bonds is 8. The van der Waals surface area contributed by atoms with Gasteiger partial charge in [0.25, 0.3) is 5.91 Å². The molecule has 8 heteroatoms. The molecular weight excluding hydrogens is 374 g/mol. The summed E-state index contributed by atoms with van der Waals surface area (Å²) in [6.07, 6.45) is 4.45. The van der Waals surface area contributed by atoms with E-state index >= 15 is 0 Å². The van der Waals surface area contributed by atoms with E-state index in [-0.39, 0.29) is 30.8 Å². The molecule has 1 spiro atoms. The standard InChI is InChI=1S/C21H29N3O5/c1-23(14-15-29-17-8-6-16(28-2)7-9-17)18(25)10-13-24-19(26)21(22-20(24)27)11-4-3-5-12-21/h6-9H,3-5,10-15H2,1-2H3,(H,22,27). The summed E-state index contributed by atoms with van der Waals surface area (Å²) in [7, 11) is 3.29. The monoisotopic (exact) mass is 403 g/mol. The minimum atomic E-state index is -0.740. The van der Waals surface area contributed by atoms with Gasteiger partial charge >= 0.3 is 6.03 Å². The van der Waals surface area contributed by atoms with Gasteiger partial charge in [-0.15, -0.1) is 0 Å². The van der Waals surface area contributed by atoms with Crippen LogP contribution in [0.15, 0.2) is 24.3 Å². The van der Waals surface area contributed by atoms with Crippen LogP contribution in [0.4, 0.5) is 4.79 Å². The zero-order valence-corrected chi connectivity index (χ0v) is 17.1. The molecule has 0 aromatic heterocycles. The maximum Gasteiger partial charge on any atom is 0.325 e. The van der Waals surface area contributed by atoms with E-state index in [1.165, 1.54) is 4.90 Å². The number of amides is 4. The number of ether oxygens (including phenoxy) is 2. The van der Waals surface area contributed by atoms with Crippen LogP contribution < -0.4 is 14.8 Å². The van der Waals surface area contributed by atoms with Crippen molar-refractivity contribution in [2.45, 2.75) is 44.1 Å². The molecule has 0 unspecified atom stereocenters. The second-order valence-corrected chi connectivity index (χ2v) is 7.62. The summed E-state index contributed by atoms with van der Waals surface area (Å²) >= 11 is 0. The zero-order chi connectivity index (χ0) is 20.9.